The van der Waals surface area contributed by atoms with E-state index in [1.807, 2.05) is 0 Å². The highest BCUT2D eigenvalue weighted by Crippen LogP contribution is 2.14. The van der Waals surface area contributed by atoms with E-state index in [2.05, 4.69) is 45.4 Å². The lowest BCUT2D eigenvalue weighted by Gasteiger charge is -2.31. The fraction of sp³-hybridized carbons (Fsp3) is 0.882. The Hall–Kier alpha value is -0.520. The van der Waals surface area contributed by atoms with Gasteiger partial charge in [-0.15, -0.1) is 6.42 Å². The number of hydrogen-bond acceptors (Lipinski definition) is 2. The Bertz CT molecular complexity index is 239. The Morgan fingerprint density at radius 3 is 2.42 bits per heavy atom. The average Bonchev–Trinajstić information content (AvgIpc) is 2.28. The van der Waals surface area contributed by atoms with Crippen molar-refractivity contribution in [1.29, 1.82) is 0 Å². The van der Waals surface area contributed by atoms with E-state index < -0.39 is 0 Å². The van der Waals surface area contributed by atoms with Crippen molar-refractivity contribution >= 4 is 0 Å². The van der Waals surface area contributed by atoms with Gasteiger partial charge >= 0.3 is 0 Å². The Morgan fingerprint density at radius 1 is 1.26 bits per heavy atom. The summed E-state index contributed by atoms with van der Waals surface area (Å²) in [4.78, 5) is 2.31. The van der Waals surface area contributed by atoms with Crippen LogP contribution in [-0.4, -0.2) is 37.2 Å². The van der Waals surface area contributed by atoms with Crippen molar-refractivity contribution in [2.24, 2.45) is 11.8 Å². The summed E-state index contributed by atoms with van der Waals surface area (Å²) in [7, 11) is 0. The summed E-state index contributed by atoms with van der Waals surface area (Å²) in [6, 6.07) is 0. The molecule has 1 rings (SSSR count). The predicted octanol–water partition coefficient (Wildman–Crippen LogP) is 3.81. The molecule has 0 radical (unpaired) electrons. The van der Waals surface area contributed by atoms with Crippen LogP contribution in [0.25, 0.3) is 0 Å². The third-order valence-electron chi connectivity index (χ3n) is 2.85. The first-order valence-electron chi connectivity index (χ1n) is 7.73. The zero-order chi connectivity index (χ0) is 14.7. The second-order valence-electron chi connectivity index (χ2n) is 6.49. The Morgan fingerprint density at radius 2 is 1.89 bits per heavy atom. The molecule has 1 saturated heterocycles. The molecule has 0 aliphatic carbocycles. The average molecular weight is 267 g/mol. The van der Waals surface area contributed by atoms with E-state index in [4.69, 9.17) is 11.2 Å². The van der Waals surface area contributed by atoms with Crippen molar-refractivity contribution in [2.75, 3.05) is 26.2 Å². The molecular formula is C17H33NO. The zero-order valence-corrected chi connectivity index (χ0v) is 13.6. The van der Waals surface area contributed by atoms with Crippen molar-refractivity contribution < 1.29 is 4.74 Å². The lowest BCUT2D eigenvalue weighted by Crippen LogP contribution is -2.42. The van der Waals surface area contributed by atoms with E-state index in [9.17, 15) is 0 Å². The second-order valence-corrected chi connectivity index (χ2v) is 6.49. The first kappa shape index (κ1) is 18.5. The molecule has 1 aliphatic heterocycles. The van der Waals surface area contributed by atoms with Crippen LogP contribution < -0.4 is 0 Å². The molecule has 1 aliphatic rings. The molecule has 0 spiro atoms. The maximum absolute atomic E-state index is 5.73. The van der Waals surface area contributed by atoms with Crippen LogP contribution in [0.2, 0.25) is 0 Å². The molecule has 0 aromatic carbocycles. The summed E-state index contributed by atoms with van der Waals surface area (Å²) >= 11 is 0. The van der Waals surface area contributed by atoms with Gasteiger partial charge < -0.3 is 4.74 Å². The number of nitrogens with zero attached hydrogens (tertiary/aromatic N) is 1. The highest BCUT2D eigenvalue weighted by atomic mass is 16.5. The molecule has 0 aromatic heterocycles. The van der Waals surface area contributed by atoms with Gasteiger partial charge in [0.05, 0.1) is 19.3 Å². The molecule has 2 nitrogen and oxygen atoms in total. The van der Waals surface area contributed by atoms with Crippen LogP contribution in [0.4, 0.5) is 0 Å². The fourth-order valence-electron chi connectivity index (χ4n) is 1.98. The maximum atomic E-state index is 5.73. The molecule has 0 aromatic rings. The molecule has 112 valence electrons. The quantitative estimate of drug-likeness (QED) is 0.702. The van der Waals surface area contributed by atoms with Crippen LogP contribution in [0, 0.1) is 24.2 Å². The van der Waals surface area contributed by atoms with E-state index in [1.165, 1.54) is 19.3 Å². The number of rotatable bonds is 5. The summed E-state index contributed by atoms with van der Waals surface area (Å²) in [5, 5.41) is 0. The summed E-state index contributed by atoms with van der Waals surface area (Å²) in [6.07, 6.45) is 9.47. The summed E-state index contributed by atoms with van der Waals surface area (Å²) in [5.74, 6) is 4.34. The van der Waals surface area contributed by atoms with Gasteiger partial charge in [0.1, 0.15) is 0 Å². The van der Waals surface area contributed by atoms with Gasteiger partial charge in [0.25, 0.3) is 0 Å². The highest BCUT2D eigenvalue weighted by molar-refractivity contribution is 4.89. The van der Waals surface area contributed by atoms with Gasteiger partial charge in [-0.2, -0.15) is 0 Å². The van der Waals surface area contributed by atoms with Gasteiger partial charge in [0.2, 0.25) is 0 Å². The number of ether oxygens (including phenoxy) is 1. The van der Waals surface area contributed by atoms with Gasteiger partial charge in [-0.1, -0.05) is 53.4 Å². The van der Waals surface area contributed by atoms with Gasteiger partial charge in [-0.25, -0.2) is 0 Å². The Balaban J connectivity index is 0.000000711. The molecule has 1 heterocycles. The lowest BCUT2D eigenvalue weighted by molar-refractivity contribution is -0.0288. The van der Waals surface area contributed by atoms with Crippen LogP contribution >= 0.6 is 0 Å². The number of terminal acetylenes is 1. The minimum absolute atomic E-state index is 0.408. The van der Waals surface area contributed by atoms with E-state index in [-0.39, 0.29) is 0 Å². The maximum Gasteiger partial charge on any atom is 0.0703 e. The Labute approximate surface area is 120 Å². The highest BCUT2D eigenvalue weighted by Gasteiger charge is 2.19. The van der Waals surface area contributed by atoms with Crippen LogP contribution in [0.15, 0.2) is 0 Å². The first-order chi connectivity index (χ1) is 8.95. The summed E-state index contributed by atoms with van der Waals surface area (Å²) < 4.78 is 5.73. The van der Waals surface area contributed by atoms with Gasteiger partial charge in [0, 0.05) is 13.1 Å². The minimum atomic E-state index is 0.408. The standard InChI is InChI=1S/C13H23NO.C4H10/c1-4-8-14-9-10-15-13(11-14)7-5-6-12(2)3;1-4(2)3/h1,12-13H,5-11H2,2-3H3;4H,1-3H3/t13-;/m1./s1. The second kappa shape index (κ2) is 11.3. The van der Waals surface area contributed by atoms with Crippen LogP contribution in [0.3, 0.4) is 0 Å². The molecule has 2 heteroatoms. The number of hydrogen-bond donors (Lipinski definition) is 0. The van der Waals surface area contributed by atoms with Gasteiger partial charge in [-0.3, -0.25) is 4.90 Å². The smallest absolute Gasteiger partial charge is 0.0703 e. The molecule has 0 saturated carbocycles. The monoisotopic (exact) mass is 267 g/mol. The molecule has 19 heavy (non-hydrogen) atoms. The normalized spacial score (nSPS) is 20.0. The van der Waals surface area contributed by atoms with Crippen LogP contribution in [0.1, 0.15) is 53.9 Å². The van der Waals surface area contributed by atoms with Crippen LogP contribution in [0.5, 0.6) is 0 Å². The molecule has 0 unspecified atom stereocenters. The van der Waals surface area contributed by atoms with Crippen molar-refractivity contribution in [3.8, 4) is 12.3 Å². The van der Waals surface area contributed by atoms with E-state index in [0.29, 0.717) is 6.10 Å². The molecule has 1 fully saturated rings. The summed E-state index contributed by atoms with van der Waals surface area (Å²) in [5.41, 5.74) is 0. The molecule has 0 bridgehead atoms. The van der Waals surface area contributed by atoms with E-state index >= 15 is 0 Å². The molecule has 1 atom stereocenters. The third-order valence-corrected chi connectivity index (χ3v) is 2.85. The van der Waals surface area contributed by atoms with Crippen molar-refractivity contribution in [2.45, 2.75) is 60.0 Å². The van der Waals surface area contributed by atoms with Crippen LogP contribution in [-0.2, 0) is 4.74 Å². The fourth-order valence-corrected chi connectivity index (χ4v) is 1.98. The molecule has 0 amide bonds. The SMILES string of the molecule is C#CCN1CCO[C@H](CCCC(C)C)C1.CC(C)C. The molecule has 0 N–H and O–H groups in total. The number of morpholine rings is 1. The topological polar surface area (TPSA) is 12.5 Å². The third kappa shape index (κ3) is 12.3. The van der Waals surface area contributed by atoms with Crippen molar-refractivity contribution in [3.63, 3.8) is 0 Å². The Kier molecular flexibility index (Phi) is 11.0. The lowest BCUT2D eigenvalue weighted by atomic mass is 10.0. The van der Waals surface area contributed by atoms with E-state index in [0.717, 1.165) is 38.1 Å². The summed E-state index contributed by atoms with van der Waals surface area (Å²) in [6.45, 7) is 14.7. The minimum Gasteiger partial charge on any atom is -0.376 e. The molecular weight excluding hydrogens is 234 g/mol. The largest absolute Gasteiger partial charge is 0.376 e. The van der Waals surface area contributed by atoms with E-state index in [1.54, 1.807) is 0 Å². The van der Waals surface area contributed by atoms with Gasteiger partial charge in [0.15, 0.2) is 0 Å². The first-order valence-corrected chi connectivity index (χ1v) is 7.73. The zero-order valence-electron chi connectivity index (χ0n) is 13.6. The van der Waals surface area contributed by atoms with Crippen molar-refractivity contribution in [3.05, 3.63) is 0 Å². The van der Waals surface area contributed by atoms with Gasteiger partial charge in [-0.05, 0) is 18.3 Å². The van der Waals surface area contributed by atoms with Crippen molar-refractivity contribution in [1.82, 2.24) is 4.90 Å². The predicted molar refractivity (Wildman–Crippen MR) is 84.2 cm³/mol.